The molecule has 0 radical (unpaired) electrons. The average Bonchev–Trinajstić information content (AvgIpc) is 2.88. The maximum absolute atomic E-state index is 6.00. The van der Waals surface area contributed by atoms with Crippen LogP contribution in [-0.4, -0.2) is 6.54 Å². The summed E-state index contributed by atoms with van der Waals surface area (Å²) in [6, 6.07) is 10.6. The van der Waals surface area contributed by atoms with Crippen LogP contribution in [0, 0.1) is 0 Å². The van der Waals surface area contributed by atoms with Gasteiger partial charge in [0.05, 0.1) is 4.88 Å². The monoisotopic (exact) mass is 353 g/mol. The van der Waals surface area contributed by atoms with Gasteiger partial charge in [0.1, 0.15) is 12.4 Å². The summed E-state index contributed by atoms with van der Waals surface area (Å²) >= 11 is 5.25. The van der Waals surface area contributed by atoms with Crippen LogP contribution >= 0.6 is 27.3 Å². The van der Waals surface area contributed by atoms with Crippen molar-refractivity contribution in [1.29, 1.82) is 0 Å². The lowest BCUT2D eigenvalue weighted by atomic mass is 10.1. The summed E-state index contributed by atoms with van der Waals surface area (Å²) in [5.41, 5.74) is 1.22. The molecule has 2 nitrogen and oxygen atoms in total. The van der Waals surface area contributed by atoms with Gasteiger partial charge in [-0.1, -0.05) is 25.1 Å². The van der Waals surface area contributed by atoms with Crippen LogP contribution < -0.4 is 10.1 Å². The Kier molecular flexibility index (Phi) is 6.07. The van der Waals surface area contributed by atoms with Crippen LogP contribution in [-0.2, 0) is 6.61 Å². The number of nitrogens with one attached hydrogen (secondary N) is 1. The van der Waals surface area contributed by atoms with Crippen molar-refractivity contribution in [1.82, 2.24) is 5.32 Å². The molecule has 20 heavy (non-hydrogen) atoms. The van der Waals surface area contributed by atoms with Crippen molar-refractivity contribution < 1.29 is 4.74 Å². The fourth-order valence-corrected chi connectivity index (χ4v) is 3.39. The number of rotatable bonds is 7. The highest BCUT2D eigenvalue weighted by atomic mass is 79.9. The third-order valence-electron chi connectivity index (χ3n) is 3.14. The van der Waals surface area contributed by atoms with Crippen LogP contribution in [0.1, 0.15) is 36.8 Å². The molecule has 0 amide bonds. The number of thiophene rings is 1. The molecule has 108 valence electrons. The van der Waals surface area contributed by atoms with Crippen LogP contribution in [0.5, 0.6) is 5.75 Å². The molecule has 0 fully saturated rings. The summed E-state index contributed by atoms with van der Waals surface area (Å²) in [4.78, 5) is 1.22. The first-order chi connectivity index (χ1) is 9.72. The van der Waals surface area contributed by atoms with Crippen LogP contribution in [0.2, 0.25) is 0 Å². The van der Waals surface area contributed by atoms with Crippen molar-refractivity contribution in [2.75, 3.05) is 6.54 Å². The van der Waals surface area contributed by atoms with Crippen molar-refractivity contribution in [3.05, 3.63) is 50.6 Å². The minimum absolute atomic E-state index is 0.304. The van der Waals surface area contributed by atoms with Gasteiger partial charge in [-0.25, -0.2) is 0 Å². The largest absolute Gasteiger partial charge is 0.488 e. The maximum atomic E-state index is 6.00. The van der Waals surface area contributed by atoms with E-state index in [-0.39, 0.29) is 0 Å². The quantitative estimate of drug-likeness (QED) is 0.742. The summed E-state index contributed by atoms with van der Waals surface area (Å²) in [6.45, 7) is 5.98. The van der Waals surface area contributed by atoms with Gasteiger partial charge in [-0.2, -0.15) is 0 Å². The first-order valence-electron chi connectivity index (χ1n) is 6.89. The van der Waals surface area contributed by atoms with Gasteiger partial charge in [-0.3, -0.25) is 0 Å². The van der Waals surface area contributed by atoms with E-state index in [0.29, 0.717) is 12.6 Å². The van der Waals surface area contributed by atoms with E-state index >= 15 is 0 Å². The van der Waals surface area contributed by atoms with E-state index in [4.69, 9.17) is 4.74 Å². The molecule has 1 aromatic carbocycles. The smallest absolute Gasteiger partial charge is 0.124 e. The highest BCUT2D eigenvalue weighted by Gasteiger charge is 2.11. The highest BCUT2D eigenvalue weighted by Crippen LogP contribution is 2.28. The molecular formula is C16H20BrNOS. The summed E-state index contributed by atoms with van der Waals surface area (Å²) < 4.78 is 7.13. The Hall–Kier alpha value is -0.840. The average molecular weight is 354 g/mol. The molecule has 1 N–H and O–H groups in total. The molecule has 1 unspecified atom stereocenters. The van der Waals surface area contributed by atoms with Crippen LogP contribution in [0.3, 0.4) is 0 Å². The molecule has 0 bridgehead atoms. The molecule has 2 aromatic rings. The Bertz CT molecular complexity index is 541. The minimum Gasteiger partial charge on any atom is -0.488 e. The fourth-order valence-electron chi connectivity index (χ4n) is 2.01. The zero-order chi connectivity index (χ0) is 14.4. The number of halogens is 1. The van der Waals surface area contributed by atoms with E-state index in [1.54, 1.807) is 11.3 Å². The van der Waals surface area contributed by atoms with E-state index < -0.39 is 0 Å². The first kappa shape index (κ1) is 15.5. The molecule has 0 aliphatic rings. The standard InChI is InChI=1S/C16H20BrNOS/c1-3-9-18-12(2)13-6-4-5-7-15(13)19-11-16-14(17)8-10-20-16/h4-8,10,12,18H,3,9,11H2,1-2H3. The van der Waals surface area contributed by atoms with Gasteiger partial charge >= 0.3 is 0 Å². The Morgan fingerprint density at radius 3 is 2.80 bits per heavy atom. The summed E-state index contributed by atoms with van der Waals surface area (Å²) in [5, 5.41) is 5.58. The topological polar surface area (TPSA) is 21.3 Å². The second kappa shape index (κ2) is 7.81. The number of benzene rings is 1. The van der Waals surface area contributed by atoms with Crippen LogP contribution in [0.25, 0.3) is 0 Å². The Balaban J connectivity index is 2.05. The zero-order valence-corrected chi connectivity index (χ0v) is 14.3. The van der Waals surface area contributed by atoms with Crippen molar-refractivity contribution in [2.24, 2.45) is 0 Å². The van der Waals surface area contributed by atoms with E-state index in [9.17, 15) is 0 Å². The Labute approximate surface area is 133 Å². The molecule has 1 atom stereocenters. The van der Waals surface area contributed by atoms with Crippen LogP contribution in [0.4, 0.5) is 0 Å². The lowest BCUT2D eigenvalue weighted by molar-refractivity contribution is 0.302. The minimum atomic E-state index is 0.304. The second-order valence-electron chi connectivity index (χ2n) is 4.69. The van der Waals surface area contributed by atoms with E-state index in [2.05, 4.69) is 58.7 Å². The van der Waals surface area contributed by atoms with Gasteiger partial charge in [0, 0.05) is 16.1 Å². The van der Waals surface area contributed by atoms with E-state index in [1.165, 1.54) is 10.4 Å². The van der Waals surface area contributed by atoms with Crippen molar-refractivity contribution in [2.45, 2.75) is 32.9 Å². The Morgan fingerprint density at radius 2 is 2.10 bits per heavy atom. The molecule has 2 rings (SSSR count). The molecule has 4 heteroatoms. The number of ether oxygens (including phenoxy) is 1. The summed E-state index contributed by atoms with van der Waals surface area (Å²) in [6.07, 6.45) is 1.13. The molecule has 0 saturated heterocycles. The highest BCUT2D eigenvalue weighted by molar-refractivity contribution is 9.10. The first-order valence-corrected chi connectivity index (χ1v) is 8.56. The van der Waals surface area contributed by atoms with Crippen LogP contribution in [0.15, 0.2) is 40.2 Å². The zero-order valence-electron chi connectivity index (χ0n) is 11.9. The number of para-hydroxylation sites is 1. The van der Waals surface area contributed by atoms with Gasteiger partial charge in [0.25, 0.3) is 0 Å². The normalized spacial score (nSPS) is 12.3. The molecule has 0 saturated carbocycles. The molecule has 1 heterocycles. The van der Waals surface area contributed by atoms with Gasteiger partial charge in [0.15, 0.2) is 0 Å². The van der Waals surface area contributed by atoms with Gasteiger partial charge in [0.2, 0.25) is 0 Å². The molecule has 0 aliphatic heterocycles. The second-order valence-corrected chi connectivity index (χ2v) is 6.55. The third kappa shape index (κ3) is 4.08. The maximum Gasteiger partial charge on any atom is 0.124 e. The lowest BCUT2D eigenvalue weighted by Crippen LogP contribution is -2.19. The van der Waals surface area contributed by atoms with E-state index in [1.807, 2.05) is 12.1 Å². The van der Waals surface area contributed by atoms with Gasteiger partial charge in [-0.05, 0) is 53.3 Å². The van der Waals surface area contributed by atoms with E-state index in [0.717, 1.165) is 23.2 Å². The number of hydrogen-bond acceptors (Lipinski definition) is 3. The van der Waals surface area contributed by atoms with Gasteiger partial charge in [-0.15, -0.1) is 11.3 Å². The van der Waals surface area contributed by atoms with Crippen molar-refractivity contribution in [3.63, 3.8) is 0 Å². The fraction of sp³-hybridized carbons (Fsp3) is 0.375. The van der Waals surface area contributed by atoms with Gasteiger partial charge < -0.3 is 10.1 Å². The SMILES string of the molecule is CCCNC(C)c1ccccc1OCc1sccc1Br. The summed E-state index contributed by atoms with van der Waals surface area (Å²) in [5.74, 6) is 0.962. The molecule has 0 spiro atoms. The molecular weight excluding hydrogens is 334 g/mol. The predicted molar refractivity (Wildman–Crippen MR) is 89.5 cm³/mol. The molecule has 1 aromatic heterocycles. The summed E-state index contributed by atoms with van der Waals surface area (Å²) in [7, 11) is 0. The lowest BCUT2D eigenvalue weighted by Gasteiger charge is -2.18. The predicted octanol–water partition coefficient (Wildman–Crippen LogP) is 5.15. The third-order valence-corrected chi connectivity index (χ3v) is 5.04. The van der Waals surface area contributed by atoms with Crippen molar-refractivity contribution in [3.8, 4) is 5.75 Å². The number of hydrogen-bond donors (Lipinski definition) is 1. The molecule has 0 aliphatic carbocycles. The van der Waals surface area contributed by atoms with Crippen molar-refractivity contribution >= 4 is 27.3 Å². The Morgan fingerprint density at radius 1 is 1.30 bits per heavy atom.